The summed E-state index contributed by atoms with van der Waals surface area (Å²) in [6.07, 6.45) is 6.05. The Labute approximate surface area is 76.2 Å². The van der Waals surface area contributed by atoms with Gasteiger partial charge in [-0.3, -0.25) is 0 Å². The van der Waals surface area contributed by atoms with Crippen LogP contribution in [0.15, 0.2) is 0 Å². The van der Waals surface area contributed by atoms with E-state index >= 15 is 0 Å². The SMILES string of the molecule is CCC(C)(C)CCC1CCC1O. The molecular formula is C11H22O. The first-order valence-corrected chi connectivity index (χ1v) is 5.23. The van der Waals surface area contributed by atoms with E-state index in [1.54, 1.807) is 0 Å². The fourth-order valence-corrected chi connectivity index (χ4v) is 1.64. The molecule has 0 saturated heterocycles. The van der Waals surface area contributed by atoms with Gasteiger partial charge in [0.15, 0.2) is 0 Å². The molecule has 1 fully saturated rings. The van der Waals surface area contributed by atoms with Gasteiger partial charge in [0, 0.05) is 0 Å². The Balaban J connectivity index is 2.16. The Hall–Kier alpha value is -0.0400. The van der Waals surface area contributed by atoms with E-state index in [-0.39, 0.29) is 6.10 Å². The maximum atomic E-state index is 9.38. The third kappa shape index (κ3) is 2.48. The lowest BCUT2D eigenvalue weighted by Crippen LogP contribution is -2.31. The van der Waals surface area contributed by atoms with Crippen LogP contribution in [0.4, 0.5) is 0 Å². The monoisotopic (exact) mass is 170 g/mol. The molecule has 1 saturated carbocycles. The molecule has 0 spiro atoms. The van der Waals surface area contributed by atoms with Crippen molar-refractivity contribution < 1.29 is 5.11 Å². The molecule has 1 aliphatic carbocycles. The van der Waals surface area contributed by atoms with Crippen LogP contribution in [-0.4, -0.2) is 11.2 Å². The fraction of sp³-hybridized carbons (Fsp3) is 1.00. The van der Waals surface area contributed by atoms with Gasteiger partial charge in [-0.2, -0.15) is 0 Å². The molecular weight excluding hydrogens is 148 g/mol. The lowest BCUT2D eigenvalue weighted by molar-refractivity contribution is 0.0130. The standard InChI is InChI=1S/C11H22O/c1-4-11(2,3)8-7-9-5-6-10(9)12/h9-10,12H,4-8H2,1-3H3. The number of rotatable bonds is 4. The summed E-state index contributed by atoms with van der Waals surface area (Å²) in [7, 11) is 0. The molecule has 1 rings (SSSR count). The van der Waals surface area contributed by atoms with E-state index in [0.717, 1.165) is 6.42 Å². The first kappa shape index (κ1) is 10.0. The van der Waals surface area contributed by atoms with Crippen LogP contribution in [0.1, 0.15) is 52.9 Å². The smallest absolute Gasteiger partial charge is 0.0568 e. The van der Waals surface area contributed by atoms with Crippen LogP contribution < -0.4 is 0 Å². The molecule has 1 N–H and O–H groups in total. The Bertz CT molecular complexity index is 140. The van der Waals surface area contributed by atoms with Gasteiger partial charge in [-0.1, -0.05) is 27.2 Å². The van der Waals surface area contributed by atoms with Crippen molar-refractivity contribution in [2.75, 3.05) is 0 Å². The Kier molecular flexibility index (Phi) is 3.16. The highest BCUT2D eigenvalue weighted by Gasteiger charge is 2.29. The summed E-state index contributed by atoms with van der Waals surface area (Å²) in [5.74, 6) is 0.621. The minimum Gasteiger partial charge on any atom is -0.393 e. The van der Waals surface area contributed by atoms with Gasteiger partial charge >= 0.3 is 0 Å². The zero-order valence-corrected chi connectivity index (χ0v) is 8.64. The topological polar surface area (TPSA) is 20.2 Å². The average molecular weight is 170 g/mol. The second-order valence-electron chi connectivity index (χ2n) is 4.96. The van der Waals surface area contributed by atoms with Crippen LogP contribution in [0, 0.1) is 11.3 Å². The average Bonchev–Trinajstić information content (AvgIpc) is 2.02. The molecule has 1 heteroatoms. The molecule has 1 nitrogen and oxygen atoms in total. The van der Waals surface area contributed by atoms with Crippen LogP contribution in [-0.2, 0) is 0 Å². The Morgan fingerprint density at radius 3 is 2.33 bits per heavy atom. The lowest BCUT2D eigenvalue weighted by atomic mass is 9.74. The predicted molar refractivity (Wildman–Crippen MR) is 52.0 cm³/mol. The molecule has 0 amide bonds. The van der Waals surface area contributed by atoms with Gasteiger partial charge in [0.1, 0.15) is 0 Å². The van der Waals surface area contributed by atoms with E-state index in [9.17, 15) is 5.11 Å². The van der Waals surface area contributed by atoms with Crippen LogP contribution in [0.25, 0.3) is 0 Å². The van der Waals surface area contributed by atoms with Crippen molar-refractivity contribution in [3.05, 3.63) is 0 Å². The van der Waals surface area contributed by atoms with E-state index < -0.39 is 0 Å². The molecule has 0 aromatic carbocycles. The first-order chi connectivity index (χ1) is 5.55. The number of hydrogen-bond donors (Lipinski definition) is 1. The number of aliphatic hydroxyl groups excluding tert-OH is 1. The van der Waals surface area contributed by atoms with Crippen LogP contribution >= 0.6 is 0 Å². The van der Waals surface area contributed by atoms with E-state index in [1.165, 1.54) is 25.7 Å². The summed E-state index contributed by atoms with van der Waals surface area (Å²) in [6.45, 7) is 6.88. The highest BCUT2D eigenvalue weighted by molar-refractivity contribution is 4.81. The van der Waals surface area contributed by atoms with E-state index in [0.29, 0.717) is 11.3 Å². The van der Waals surface area contributed by atoms with Gasteiger partial charge in [0.05, 0.1) is 6.10 Å². The van der Waals surface area contributed by atoms with Crippen molar-refractivity contribution in [3.8, 4) is 0 Å². The van der Waals surface area contributed by atoms with Gasteiger partial charge in [-0.25, -0.2) is 0 Å². The number of aliphatic hydroxyl groups is 1. The third-order valence-electron chi connectivity index (χ3n) is 3.53. The van der Waals surface area contributed by atoms with Crippen molar-refractivity contribution in [1.82, 2.24) is 0 Å². The summed E-state index contributed by atoms with van der Waals surface area (Å²) in [5.41, 5.74) is 0.481. The number of hydrogen-bond acceptors (Lipinski definition) is 1. The summed E-state index contributed by atoms with van der Waals surface area (Å²) < 4.78 is 0. The molecule has 12 heavy (non-hydrogen) atoms. The maximum Gasteiger partial charge on any atom is 0.0568 e. The summed E-state index contributed by atoms with van der Waals surface area (Å²) in [6, 6.07) is 0. The molecule has 2 atom stereocenters. The molecule has 1 aliphatic rings. The lowest BCUT2D eigenvalue weighted by Gasteiger charge is -2.35. The zero-order chi connectivity index (χ0) is 9.19. The summed E-state index contributed by atoms with van der Waals surface area (Å²) in [4.78, 5) is 0. The third-order valence-corrected chi connectivity index (χ3v) is 3.53. The Morgan fingerprint density at radius 1 is 1.33 bits per heavy atom. The van der Waals surface area contributed by atoms with Crippen molar-refractivity contribution in [2.45, 2.75) is 59.0 Å². The zero-order valence-electron chi connectivity index (χ0n) is 8.64. The molecule has 0 heterocycles. The predicted octanol–water partition coefficient (Wildman–Crippen LogP) is 2.97. The second kappa shape index (κ2) is 3.78. The van der Waals surface area contributed by atoms with Gasteiger partial charge in [0.2, 0.25) is 0 Å². The normalized spacial score (nSPS) is 30.0. The first-order valence-electron chi connectivity index (χ1n) is 5.23. The van der Waals surface area contributed by atoms with Gasteiger partial charge in [-0.05, 0) is 37.0 Å². The van der Waals surface area contributed by atoms with E-state index in [2.05, 4.69) is 20.8 Å². The van der Waals surface area contributed by atoms with Crippen molar-refractivity contribution >= 4 is 0 Å². The second-order valence-corrected chi connectivity index (χ2v) is 4.96. The minimum atomic E-state index is 0.0256. The van der Waals surface area contributed by atoms with Crippen molar-refractivity contribution in [2.24, 2.45) is 11.3 Å². The van der Waals surface area contributed by atoms with Crippen LogP contribution in [0.3, 0.4) is 0 Å². The molecule has 0 aliphatic heterocycles. The molecule has 0 aromatic rings. The van der Waals surface area contributed by atoms with Crippen molar-refractivity contribution in [3.63, 3.8) is 0 Å². The highest BCUT2D eigenvalue weighted by atomic mass is 16.3. The molecule has 72 valence electrons. The van der Waals surface area contributed by atoms with Gasteiger partial charge in [-0.15, -0.1) is 0 Å². The highest BCUT2D eigenvalue weighted by Crippen LogP contribution is 2.36. The minimum absolute atomic E-state index is 0.0256. The molecule has 0 radical (unpaired) electrons. The van der Waals surface area contributed by atoms with E-state index in [4.69, 9.17) is 0 Å². The van der Waals surface area contributed by atoms with Gasteiger partial charge < -0.3 is 5.11 Å². The largest absolute Gasteiger partial charge is 0.393 e. The van der Waals surface area contributed by atoms with Crippen LogP contribution in [0.2, 0.25) is 0 Å². The molecule has 2 unspecified atom stereocenters. The summed E-state index contributed by atoms with van der Waals surface area (Å²) in [5, 5.41) is 9.38. The van der Waals surface area contributed by atoms with Crippen molar-refractivity contribution in [1.29, 1.82) is 0 Å². The van der Waals surface area contributed by atoms with E-state index in [1.807, 2.05) is 0 Å². The quantitative estimate of drug-likeness (QED) is 0.687. The Morgan fingerprint density at radius 2 is 2.00 bits per heavy atom. The van der Waals surface area contributed by atoms with Gasteiger partial charge in [0.25, 0.3) is 0 Å². The molecule has 0 bridgehead atoms. The van der Waals surface area contributed by atoms with Crippen LogP contribution in [0.5, 0.6) is 0 Å². The maximum absolute atomic E-state index is 9.38. The fourth-order valence-electron chi connectivity index (χ4n) is 1.64. The molecule has 0 aromatic heterocycles. The summed E-state index contributed by atoms with van der Waals surface area (Å²) >= 11 is 0.